The van der Waals surface area contributed by atoms with Crippen molar-refractivity contribution in [3.63, 3.8) is 0 Å². The Bertz CT molecular complexity index is 3680. The summed E-state index contributed by atoms with van der Waals surface area (Å²) >= 11 is 0. The Morgan fingerprint density at radius 3 is 1.50 bits per heavy atom. The lowest BCUT2D eigenvalue weighted by molar-refractivity contribution is 0.590. The van der Waals surface area contributed by atoms with E-state index in [0.29, 0.717) is 0 Å². The molecule has 3 aliphatic heterocycles. The van der Waals surface area contributed by atoms with Crippen LogP contribution in [-0.4, -0.2) is 14.8 Å². The molecule has 2 nitrogen and oxygen atoms in total. The van der Waals surface area contributed by atoms with Crippen LogP contribution in [0.4, 0.5) is 34.1 Å². The molecule has 10 aromatic carbocycles. The molecule has 0 unspecified atom stereocenters. The molecule has 0 radical (unpaired) electrons. The molecule has 0 spiro atoms. The largest absolute Gasteiger partial charge is 0.311 e. The number of benzene rings is 10. The predicted molar refractivity (Wildman–Crippen MR) is 311 cm³/mol. The van der Waals surface area contributed by atoms with Gasteiger partial charge in [-0.25, -0.2) is 0 Å². The van der Waals surface area contributed by atoms with Gasteiger partial charge in [0.15, 0.2) is 8.07 Å². The summed E-state index contributed by atoms with van der Waals surface area (Å²) in [6, 6.07) is 90.2. The van der Waals surface area contributed by atoms with Gasteiger partial charge >= 0.3 is 0 Å². The van der Waals surface area contributed by atoms with Crippen molar-refractivity contribution in [1.29, 1.82) is 0 Å². The minimum atomic E-state index is -2.81. The summed E-state index contributed by atoms with van der Waals surface area (Å²) in [6.07, 6.45) is 0. The van der Waals surface area contributed by atoms with Crippen LogP contribution in [-0.2, 0) is 10.8 Å². The average molecular weight is 941 g/mol. The van der Waals surface area contributed by atoms with Crippen LogP contribution in [0.15, 0.2) is 237 Å². The SMILES string of the molecule is CC(C)(C)c1ccc2c(c1)B1c3ccccc3N(c3ccc4c(c3)[Si](c3ccccc3)(c3ccccc3)c3ccccc3-4)c3cc(-c4ccccc4)cc(c31)N2c1ccc(C(C)(C)C)cc1-c1ccccc1. The maximum Gasteiger partial charge on any atom is 0.252 e. The van der Waals surface area contributed by atoms with Gasteiger partial charge in [0.05, 0.1) is 5.69 Å². The van der Waals surface area contributed by atoms with Gasteiger partial charge in [-0.05, 0) is 135 Å². The Morgan fingerprint density at radius 1 is 0.333 bits per heavy atom. The Kier molecular flexibility index (Phi) is 10.1. The van der Waals surface area contributed by atoms with Gasteiger partial charge in [-0.1, -0.05) is 230 Å². The number of anilines is 6. The number of nitrogens with zero attached hydrogens (tertiary/aromatic N) is 2. The highest BCUT2D eigenvalue weighted by atomic mass is 28.3. The van der Waals surface area contributed by atoms with Gasteiger partial charge in [-0.3, -0.25) is 0 Å². The van der Waals surface area contributed by atoms with Crippen molar-refractivity contribution in [3.8, 4) is 33.4 Å². The molecule has 0 saturated carbocycles. The van der Waals surface area contributed by atoms with E-state index in [1.165, 1.54) is 116 Å². The van der Waals surface area contributed by atoms with Crippen molar-refractivity contribution >= 4 is 86.0 Å². The second kappa shape index (κ2) is 16.6. The Balaban J connectivity index is 1.14. The molecular formula is C68H57BN2Si. The van der Waals surface area contributed by atoms with Gasteiger partial charge in [0.1, 0.15) is 0 Å². The zero-order chi connectivity index (χ0) is 48.9. The van der Waals surface area contributed by atoms with E-state index in [1.807, 2.05) is 0 Å². The third-order valence-corrected chi connectivity index (χ3v) is 20.7. The minimum absolute atomic E-state index is 0.0179. The molecule has 0 bridgehead atoms. The molecular weight excluding hydrogens is 884 g/mol. The van der Waals surface area contributed by atoms with Crippen LogP contribution in [0.3, 0.4) is 0 Å². The minimum Gasteiger partial charge on any atom is -0.311 e. The molecule has 0 aromatic heterocycles. The molecule has 346 valence electrons. The van der Waals surface area contributed by atoms with E-state index in [1.54, 1.807) is 0 Å². The number of para-hydroxylation sites is 1. The molecule has 3 aliphatic rings. The maximum atomic E-state index is 2.62. The number of rotatable bonds is 6. The zero-order valence-electron chi connectivity index (χ0n) is 42.0. The fourth-order valence-electron chi connectivity index (χ4n) is 12.4. The smallest absolute Gasteiger partial charge is 0.252 e. The van der Waals surface area contributed by atoms with E-state index >= 15 is 0 Å². The van der Waals surface area contributed by atoms with Crippen molar-refractivity contribution < 1.29 is 0 Å². The second-order valence-electron chi connectivity index (χ2n) is 22.1. The van der Waals surface area contributed by atoms with Gasteiger partial charge in [-0.2, -0.15) is 0 Å². The molecule has 10 aromatic rings. The quantitative estimate of drug-likeness (QED) is 0.153. The van der Waals surface area contributed by atoms with E-state index in [2.05, 4.69) is 288 Å². The highest BCUT2D eigenvalue weighted by molar-refractivity contribution is 7.22. The van der Waals surface area contributed by atoms with Crippen molar-refractivity contribution in [2.45, 2.75) is 52.4 Å². The Morgan fingerprint density at radius 2 is 0.847 bits per heavy atom. The first-order valence-corrected chi connectivity index (χ1v) is 27.6. The third-order valence-electron chi connectivity index (χ3n) is 15.8. The Hall–Kier alpha value is -7.92. The van der Waals surface area contributed by atoms with Crippen LogP contribution < -0.4 is 46.9 Å². The molecule has 0 atom stereocenters. The normalized spacial score (nSPS) is 14.0. The molecule has 0 amide bonds. The molecule has 13 rings (SSSR count). The lowest BCUT2D eigenvalue weighted by atomic mass is 9.33. The van der Waals surface area contributed by atoms with Crippen LogP contribution in [0.25, 0.3) is 33.4 Å². The predicted octanol–water partition coefficient (Wildman–Crippen LogP) is 13.1. The summed E-state index contributed by atoms with van der Waals surface area (Å²) in [5.74, 6) is 0. The van der Waals surface area contributed by atoms with Gasteiger partial charge in [0.25, 0.3) is 6.71 Å². The number of hydrogen-bond acceptors (Lipinski definition) is 2. The molecule has 0 saturated heterocycles. The molecule has 3 heterocycles. The first-order valence-electron chi connectivity index (χ1n) is 25.6. The molecule has 0 N–H and O–H groups in total. The van der Waals surface area contributed by atoms with Crippen molar-refractivity contribution in [3.05, 3.63) is 248 Å². The standard InChI is InChI=1S/C68H57BN2Si/c1-67(2,3)49-35-39-59(56(43-49)47-25-13-8-14-26-47)71-61-40-36-50(68(4,5)6)44-58(61)69-57-32-20-21-33-60(57)70(62-41-48(42-63(71)66(62)69)46-23-11-7-12-24-46)51-37-38-55-54-31-19-22-34-64(54)72(65(55)45-51,52-27-15-9-16-28-52)53-29-17-10-18-30-53/h7-45H,1-6H3. The summed E-state index contributed by atoms with van der Waals surface area (Å²) in [6.45, 7) is 14.0. The third kappa shape index (κ3) is 6.76. The fourth-order valence-corrected chi connectivity index (χ4v) is 17.6. The van der Waals surface area contributed by atoms with Crippen LogP contribution in [0.1, 0.15) is 52.7 Å². The first kappa shape index (κ1) is 44.1. The van der Waals surface area contributed by atoms with E-state index in [4.69, 9.17) is 0 Å². The highest BCUT2D eigenvalue weighted by Crippen LogP contribution is 2.49. The topological polar surface area (TPSA) is 6.48 Å². The van der Waals surface area contributed by atoms with Crippen LogP contribution in [0.5, 0.6) is 0 Å². The van der Waals surface area contributed by atoms with Gasteiger partial charge in [0.2, 0.25) is 0 Å². The van der Waals surface area contributed by atoms with Crippen molar-refractivity contribution in [2.24, 2.45) is 0 Å². The molecule has 4 heteroatoms. The van der Waals surface area contributed by atoms with Crippen LogP contribution >= 0.6 is 0 Å². The average Bonchev–Trinajstić information content (AvgIpc) is 3.71. The highest BCUT2D eigenvalue weighted by Gasteiger charge is 2.50. The molecule has 0 aliphatic carbocycles. The summed E-state index contributed by atoms with van der Waals surface area (Å²) in [4.78, 5) is 5.24. The van der Waals surface area contributed by atoms with Crippen LogP contribution in [0.2, 0.25) is 0 Å². The van der Waals surface area contributed by atoms with E-state index in [0.717, 1.165) is 0 Å². The fraction of sp³-hybridized carbons (Fsp3) is 0.118. The lowest BCUT2D eigenvalue weighted by Crippen LogP contribution is -2.72. The number of fused-ring (bicyclic) bond motifs is 7. The second-order valence-corrected chi connectivity index (χ2v) is 25.8. The lowest BCUT2D eigenvalue weighted by Gasteiger charge is -2.45. The van der Waals surface area contributed by atoms with Crippen LogP contribution in [0, 0.1) is 0 Å². The van der Waals surface area contributed by atoms with Crippen molar-refractivity contribution in [2.75, 3.05) is 9.80 Å². The van der Waals surface area contributed by atoms with E-state index in [9.17, 15) is 0 Å². The summed E-state index contributed by atoms with van der Waals surface area (Å²) in [5, 5.41) is 5.68. The summed E-state index contributed by atoms with van der Waals surface area (Å²) in [7, 11) is -2.81. The monoisotopic (exact) mass is 940 g/mol. The molecule has 0 fully saturated rings. The first-order chi connectivity index (χ1) is 35.0. The summed E-state index contributed by atoms with van der Waals surface area (Å²) in [5.41, 5.74) is 21.2. The van der Waals surface area contributed by atoms with Gasteiger partial charge < -0.3 is 9.80 Å². The van der Waals surface area contributed by atoms with E-state index < -0.39 is 8.07 Å². The number of hydrogen-bond donors (Lipinski definition) is 0. The van der Waals surface area contributed by atoms with Gasteiger partial charge in [0, 0.05) is 34.0 Å². The molecule has 72 heavy (non-hydrogen) atoms. The van der Waals surface area contributed by atoms with Gasteiger partial charge in [-0.15, -0.1) is 0 Å². The zero-order valence-corrected chi connectivity index (χ0v) is 43.0. The maximum absolute atomic E-state index is 2.81. The van der Waals surface area contributed by atoms with Crippen molar-refractivity contribution in [1.82, 2.24) is 0 Å². The Labute approximate surface area is 427 Å². The van der Waals surface area contributed by atoms with E-state index in [-0.39, 0.29) is 17.5 Å². The summed E-state index contributed by atoms with van der Waals surface area (Å²) < 4.78 is 0.